The van der Waals surface area contributed by atoms with Gasteiger partial charge in [0.15, 0.2) is 5.16 Å². The molecule has 4 rings (SSSR count). The van der Waals surface area contributed by atoms with Crippen molar-refractivity contribution in [1.82, 2.24) is 9.55 Å². The molecule has 0 aliphatic carbocycles. The zero-order valence-corrected chi connectivity index (χ0v) is 19.5. The maximum absolute atomic E-state index is 13.3. The smallest absolute Gasteiger partial charge is 0.173 e. The van der Waals surface area contributed by atoms with Gasteiger partial charge in [-0.2, -0.15) is 0 Å². The number of thioether (sulfide) groups is 1. The van der Waals surface area contributed by atoms with Crippen LogP contribution in [0.2, 0.25) is 5.02 Å². The second-order valence-electron chi connectivity index (χ2n) is 7.33. The van der Waals surface area contributed by atoms with E-state index in [2.05, 4.69) is 9.55 Å². The molecule has 0 saturated carbocycles. The second kappa shape index (κ2) is 10.7. The van der Waals surface area contributed by atoms with Gasteiger partial charge in [-0.1, -0.05) is 23.4 Å². The molecular weight excluding hydrogens is 464 g/mol. The average molecular weight is 486 g/mol. The monoisotopic (exact) mass is 485 g/mol. The molecule has 0 N–H and O–H groups in total. The van der Waals surface area contributed by atoms with Gasteiger partial charge in [-0.3, -0.25) is 4.57 Å². The highest BCUT2D eigenvalue weighted by atomic mass is 35.5. The van der Waals surface area contributed by atoms with Gasteiger partial charge in [-0.25, -0.2) is 13.8 Å². The number of halogens is 3. The molecule has 4 aromatic rings. The molecule has 33 heavy (non-hydrogen) atoms. The molecule has 0 atom stereocenters. The predicted octanol–water partition coefficient (Wildman–Crippen LogP) is 6.61. The predicted molar refractivity (Wildman–Crippen MR) is 130 cm³/mol. The van der Waals surface area contributed by atoms with E-state index in [9.17, 15) is 8.78 Å². The Hall–Kier alpha value is -3.03. The molecule has 1 heterocycles. The average Bonchev–Trinajstić information content (AvgIpc) is 3.21. The summed E-state index contributed by atoms with van der Waals surface area (Å²) in [5.74, 6) is 0.731. The summed E-state index contributed by atoms with van der Waals surface area (Å²) in [5.41, 5.74) is 2.83. The first kappa shape index (κ1) is 23.1. The first-order chi connectivity index (χ1) is 16.0. The van der Waals surface area contributed by atoms with Gasteiger partial charge in [-0.15, -0.1) is 0 Å². The molecule has 8 heteroatoms. The molecule has 3 aromatic carbocycles. The van der Waals surface area contributed by atoms with Crippen molar-refractivity contribution >= 4 is 29.1 Å². The van der Waals surface area contributed by atoms with Crippen LogP contribution in [-0.2, 0) is 6.54 Å². The van der Waals surface area contributed by atoms with Crippen LogP contribution in [-0.4, -0.2) is 29.0 Å². The molecule has 0 amide bonds. The van der Waals surface area contributed by atoms with E-state index in [4.69, 9.17) is 16.3 Å². The van der Waals surface area contributed by atoms with Crippen LogP contribution in [0.4, 0.5) is 14.5 Å². The Bertz CT molecular complexity index is 1180. The van der Waals surface area contributed by atoms with Crippen LogP contribution in [0.3, 0.4) is 0 Å². The van der Waals surface area contributed by atoms with E-state index in [1.165, 1.54) is 24.3 Å². The van der Waals surface area contributed by atoms with Gasteiger partial charge in [0.05, 0.1) is 25.0 Å². The molecule has 0 radical (unpaired) electrons. The number of hydrogen-bond donors (Lipinski definition) is 0. The molecule has 4 nitrogen and oxygen atoms in total. The highest BCUT2D eigenvalue weighted by Crippen LogP contribution is 2.26. The maximum atomic E-state index is 13.3. The van der Waals surface area contributed by atoms with Gasteiger partial charge < -0.3 is 9.64 Å². The molecule has 0 saturated heterocycles. The first-order valence-electron chi connectivity index (χ1n) is 10.3. The van der Waals surface area contributed by atoms with Crippen molar-refractivity contribution in [2.75, 3.05) is 24.3 Å². The maximum Gasteiger partial charge on any atom is 0.173 e. The minimum absolute atomic E-state index is 0.264. The van der Waals surface area contributed by atoms with E-state index in [-0.39, 0.29) is 11.6 Å². The van der Waals surface area contributed by atoms with Crippen LogP contribution >= 0.6 is 23.4 Å². The van der Waals surface area contributed by atoms with E-state index in [1.807, 2.05) is 42.4 Å². The highest BCUT2D eigenvalue weighted by molar-refractivity contribution is 7.99. The number of anilines is 1. The van der Waals surface area contributed by atoms with Crippen LogP contribution in [0.25, 0.3) is 5.69 Å². The summed E-state index contributed by atoms with van der Waals surface area (Å²) in [4.78, 5) is 6.67. The third-order valence-corrected chi connectivity index (χ3v) is 6.12. The molecule has 0 bridgehead atoms. The van der Waals surface area contributed by atoms with Crippen molar-refractivity contribution in [2.45, 2.75) is 11.7 Å². The second-order valence-corrected chi connectivity index (χ2v) is 8.83. The lowest BCUT2D eigenvalue weighted by atomic mass is 10.2. The number of nitrogens with zero attached hydrogens (tertiary/aromatic N) is 3. The third kappa shape index (κ3) is 6.06. The lowest BCUT2D eigenvalue weighted by molar-refractivity contribution is 0.343. The standard InChI is InChI=1S/C25H22ClF2N3OS/c1-30(21-10-4-19(27)5-11-21)17-23-16-29-25(31(23)22-8-2-18(26)3-9-22)33-15-14-32-24-12-6-20(28)7-13-24/h2-13,16H,14-15,17H2,1H3. The fraction of sp³-hybridized carbons (Fsp3) is 0.160. The van der Waals surface area contributed by atoms with Crippen LogP contribution in [0, 0.1) is 11.6 Å². The SMILES string of the molecule is CN(Cc1cnc(SCCOc2ccc(F)cc2)n1-c1ccc(Cl)cc1)c1ccc(F)cc1. The molecule has 170 valence electrons. The molecule has 0 spiro atoms. The van der Waals surface area contributed by atoms with Gasteiger partial charge in [0.2, 0.25) is 0 Å². The van der Waals surface area contributed by atoms with Gasteiger partial charge >= 0.3 is 0 Å². The topological polar surface area (TPSA) is 30.3 Å². The fourth-order valence-electron chi connectivity index (χ4n) is 3.30. The van der Waals surface area contributed by atoms with Crippen LogP contribution in [0.5, 0.6) is 5.75 Å². The Balaban J connectivity index is 1.50. The summed E-state index contributed by atoms with van der Waals surface area (Å²) in [7, 11) is 1.95. The number of benzene rings is 3. The number of hydrogen-bond acceptors (Lipinski definition) is 4. The minimum Gasteiger partial charge on any atom is -0.493 e. The Morgan fingerprint density at radius 1 is 0.939 bits per heavy atom. The Labute approximate surface area is 200 Å². The van der Waals surface area contributed by atoms with Gasteiger partial charge in [-0.05, 0) is 72.8 Å². The summed E-state index contributed by atoms with van der Waals surface area (Å²) in [5, 5.41) is 1.48. The van der Waals surface area contributed by atoms with E-state index < -0.39 is 0 Å². The molecule has 0 unspecified atom stereocenters. The first-order valence-corrected chi connectivity index (χ1v) is 11.7. The highest BCUT2D eigenvalue weighted by Gasteiger charge is 2.15. The normalized spacial score (nSPS) is 10.9. The zero-order valence-electron chi connectivity index (χ0n) is 17.9. The number of rotatable bonds is 9. The minimum atomic E-state index is -0.292. The Morgan fingerprint density at radius 2 is 1.58 bits per heavy atom. The van der Waals surface area contributed by atoms with Crippen LogP contribution in [0.15, 0.2) is 84.1 Å². The zero-order chi connectivity index (χ0) is 23.2. The lowest BCUT2D eigenvalue weighted by Gasteiger charge is -2.21. The number of imidazole rings is 1. The van der Waals surface area contributed by atoms with Crippen molar-refractivity contribution < 1.29 is 13.5 Å². The van der Waals surface area contributed by atoms with Crippen LogP contribution < -0.4 is 9.64 Å². The lowest BCUT2D eigenvalue weighted by Crippen LogP contribution is -2.18. The molecule has 0 aliphatic heterocycles. The quantitative estimate of drug-likeness (QED) is 0.197. The molecule has 1 aromatic heterocycles. The Morgan fingerprint density at radius 3 is 2.24 bits per heavy atom. The summed E-state index contributed by atoms with van der Waals surface area (Å²) in [6.45, 7) is 1.03. The largest absolute Gasteiger partial charge is 0.493 e. The number of aromatic nitrogens is 2. The third-order valence-electron chi connectivity index (χ3n) is 4.95. The van der Waals surface area contributed by atoms with E-state index in [1.54, 1.807) is 36.0 Å². The van der Waals surface area contributed by atoms with Crippen molar-refractivity contribution in [2.24, 2.45) is 0 Å². The fourth-order valence-corrected chi connectivity index (χ4v) is 4.26. The van der Waals surface area contributed by atoms with Crippen molar-refractivity contribution in [3.05, 3.63) is 101 Å². The summed E-state index contributed by atoms with van der Waals surface area (Å²) < 4.78 is 34.1. The van der Waals surface area contributed by atoms with E-state index in [0.717, 1.165) is 22.2 Å². The van der Waals surface area contributed by atoms with Crippen molar-refractivity contribution in [3.63, 3.8) is 0 Å². The van der Waals surface area contributed by atoms with E-state index in [0.29, 0.717) is 29.7 Å². The van der Waals surface area contributed by atoms with Gasteiger partial charge in [0.25, 0.3) is 0 Å². The summed E-state index contributed by atoms with van der Waals surface area (Å²) >= 11 is 7.66. The number of ether oxygens (including phenoxy) is 1. The molecule has 0 fully saturated rings. The molecular formula is C25H22ClF2N3OS. The van der Waals surface area contributed by atoms with Crippen molar-refractivity contribution in [1.29, 1.82) is 0 Å². The van der Waals surface area contributed by atoms with Crippen LogP contribution in [0.1, 0.15) is 5.69 Å². The Kier molecular flexibility index (Phi) is 7.52. The van der Waals surface area contributed by atoms with Gasteiger partial charge in [0, 0.05) is 29.2 Å². The molecule has 0 aliphatic rings. The summed E-state index contributed by atoms with van der Waals surface area (Å²) in [6, 6.07) is 20.0. The van der Waals surface area contributed by atoms with E-state index >= 15 is 0 Å². The van der Waals surface area contributed by atoms with Gasteiger partial charge in [0.1, 0.15) is 17.4 Å². The summed E-state index contributed by atoms with van der Waals surface area (Å²) in [6.07, 6.45) is 1.85. The van der Waals surface area contributed by atoms with Crippen molar-refractivity contribution in [3.8, 4) is 11.4 Å².